The molecule has 2 aromatic rings. The predicted molar refractivity (Wildman–Crippen MR) is 110 cm³/mol. The van der Waals surface area contributed by atoms with Gasteiger partial charge in [0.05, 0.1) is 5.75 Å². The zero-order valence-corrected chi connectivity index (χ0v) is 16.7. The van der Waals surface area contributed by atoms with Gasteiger partial charge in [-0.2, -0.15) is 0 Å². The second-order valence-electron chi connectivity index (χ2n) is 7.16. The van der Waals surface area contributed by atoms with Gasteiger partial charge in [-0.3, -0.25) is 9.59 Å². The molecule has 0 saturated heterocycles. The van der Waals surface area contributed by atoms with E-state index in [1.165, 1.54) is 11.8 Å². The van der Waals surface area contributed by atoms with Gasteiger partial charge in [-0.1, -0.05) is 44.5 Å². The monoisotopic (exact) mass is 390 g/mol. The highest BCUT2D eigenvalue weighted by Gasteiger charge is 2.16. The zero-order valence-electron chi connectivity index (χ0n) is 15.1. The molecule has 0 aliphatic carbocycles. The molecule has 2 N–H and O–H groups in total. The number of benzene rings is 2. The molecule has 0 unspecified atom stereocenters. The van der Waals surface area contributed by atoms with Crippen molar-refractivity contribution in [2.45, 2.75) is 32.1 Å². The lowest BCUT2D eigenvalue weighted by Gasteiger charge is -2.17. The third-order valence-corrected chi connectivity index (χ3v) is 4.52. The predicted octanol–water partition coefficient (Wildman–Crippen LogP) is 5.45. The number of carbonyl (C=O) groups excluding carboxylic acids is 2. The Morgan fingerprint density at radius 1 is 0.962 bits per heavy atom. The summed E-state index contributed by atoms with van der Waals surface area (Å²) in [5, 5.41) is 6.29. The lowest BCUT2D eigenvalue weighted by atomic mass is 9.92. The fourth-order valence-electron chi connectivity index (χ4n) is 2.26. The molecule has 138 valence electrons. The topological polar surface area (TPSA) is 58.2 Å². The molecule has 2 rings (SSSR count). The van der Waals surface area contributed by atoms with E-state index in [9.17, 15) is 9.59 Å². The van der Waals surface area contributed by atoms with Crippen LogP contribution in [0, 0.1) is 5.41 Å². The molecule has 6 heteroatoms. The van der Waals surface area contributed by atoms with Gasteiger partial charge in [0.2, 0.25) is 11.8 Å². The van der Waals surface area contributed by atoms with Crippen LogP contribution in [0.5, 0.6) is 0 Å². The number of anilines is 2. The van der Waals surface area contributed by atoms with Crippen LogP contribution in [0.1, 0.15) is 27.2 Å². The third-order valence-electron chi connectivity index (χ3n) is 3.29. The van der Waals surface area contributed by atoms with E-state index in [0.717, 1.165) is 10.6 Å². The van der Waals surface area contributed by atoms with Crippen molar-refractivity contribution in [2.75, 3.05) is 16.4 Å². The van der Waals surface area contributed by atoms with Gasteiger partial charge in [0.1, 0.15) is 0 Å². The molecule has 4 nitrogen and oxygen atoms in total. The molecule has 2 aromatic carbocycles. The molecule has 0 radical (unpaired) electrons. The summed E-state index contributed by atoms with van der Waals surface area (Å²) in [5.74, 6) is 0.143. The lowest BCUT2D eigenvalue weighted by Crippen LogP contribution is -2.19. The Hall–Kier alpha value is -1.98. The van der Waals surface area contributed by atoms with E-state index in [1.807, 2.05) is 45.0 Å². The van der Waals surface area contributed by atoms with Crippen LogP contribution in [0.3, 0.4) is 0 Å². The van der Waals surface area contributed by atoms with E-state index in [1.54, 1.807) is 24.3 Å². The Kier molecular flexibility index (Phi) is 7.12. The molecule has 0 aliphatic heterocycles. The van der Waals surface area contributed by atoms with Crippen molar-refractivity contribution in [3.63, 3.8) is 0 Å². The number of rotatable bonds is 6. The Labute approximate surface area is 163 Å². The van der Waals surface area contributed by atoms with Crippen molar-refractivity contribution in [2.24, 2.45) is 5.41 Å². The minimum absolute atomic E-state index is 0.0154. The summed E-state index contributed by atoms with van der Waals surface area (Å²) in [6, 6.07) is 14.5. The Morgan fingerprint density at radius 3 is 2.23 bits per heavy atom. The highest BCUT2D eigenvalue weighted by atomic mass is 35.5. The van der Waals surface area contributed by atoms with Gasteiger partial charge >= 0.3 is 0 Å². The number of carbonyl (C=O) groups is 2. The van der Waals surface area contributed by atoms with Crippen molar-refractivity contribution in [3.8, 4) is 0 Å². The van der Waals surface area contributed by atoms with Crippen molar-refractivity contribution in [1.29, 1.82) is 0 Å². The molecule has 0 heterocycles. The van der Waals surface area contributed by atoms with Gasteiger partial charge in [-0.25, -0.2) is 0 Å². The van der Waals surface area contributed by atoms with Gasteiger partial charge < -0.3 is 10.6 Å². The molecule has 0 saturated carbocycles. The first-order chi connectivity index (χ1) is 12.2. The maximum Gasteiger partial charge on any atom is 0.234 e. The second-order valence-corrected chi connectivity index (χ2v) is 8.65. The Morgan fingerprint density at radius 2 is 1.58 bits per heavy atom. The maximum absolute atomic E-state index is 12.1. The van der Waals surface area contributed by atoms with Crippen molar-refractivity contribution in [3.05, 3.63) is 53.6 Å². The highest BCUT2D eigenvalue weighted by molar-refractivity contribution is 8.00. The number of hydrogen-bond donors (Lipinski definition) is 2. The average Bonchev–Trinajstić information content (AvgIpc) is 2.51. The summed E-state index contributed by atoms with van der Waals surface area (Å²) in [5.41, 5.74) is 1.35. The molecule has 26 heavy (non-hydrogen) atoms. The van der Waals surface area contributed by atoms with Gasteiger partial charge in [-0.15, -0.1) is 11.8 Å². The molecular formula is C20H23ClN2O2S. The molecular weight excluding hydrogens is 368 g/mol. The second kappa shape index (κ2) is 9.10. The molecule has 0 spiro atoms. The summed E-state index contributed by atoms with van der Waals surface area (Å²) in [6.07, 6.45) is 0.451. The lowest BCUT2D eigenvalue weighted by molar-refractivity contribution is -0.118. The van der Waals surface area contributed by atoms with E-state index in [-0.39, 0.29) is 23.0 Å². The smallest absolute Gasteiger partial charge is 0.234 e. The SMILES string of the molecule is CC(C)(C)CC(=O)Nc1cccc(SCC(=O)Nc2cccc(Cl)c2)c1. The fourth-order valence-corrected chi connectivity index (χ4v) is 3.21. The van der Waals surface area contributed by atoms with Crippen LogP contribution in [0.25, 0.3) is 0 Å². The van der Waals surface area contributed by atoms with Gasteiger partial charge in [0, 0.05) is 27.7 Å². The van der Waals surface area contributed by atoms with Gasteiger partial charge in [0.15, 0.2) is 0 Å². The number of thioether (sulfide) groups is 1. The normalized spacial score (nSPS) is 11.1. The summed E-state index contributed by atoms with van der Waals surface area (Å²) >= 11 is 7.32. The van der Waals surface area contributed by atoms with Crippen LogP contribution in [0.15, 0.2) is 53.4 Å². The van der Waals surface area contributed by atoms with Crippen LogP contribution >= 0.6 is 23.4 Å². The van der Waals surface area contributed by atoms with E-state index < -0.39 is 0 Å². The molecule has 0 fully saturated rings. The van der Waals surface area contributed by atoms with E-state index >= 15 is 0 Å². The van der Waals surface area contributed by atoms with Crippen LogP contribution < -0.4 is 10.6 Å². The number of amides is 2. The molecule has 2 amide bonds. The zero-order chi connectivity index (χ0) is 19.2. The number of nitrogens with one attached hydrogen (secondary N) is 2. The maximum atomic E-state index is 12.1. The Bertz CT molecular complexity index is 787. The van der Waals surface area contributed by atoms with Crippen LogP contribution in [-0.4, -0.2) is 17.6 Å². The molecule has 0 aliphatic rings. The Balaban J connectivity index is 1.88. The minimum atomic E-state index is -0.112. The van der Waals surface area contributed by atoms with E-state index in [0.29, 0.717) is 17.1 Å². The standard InChI is InChI=1S/C20H23ClN2O2S/c1-20(2,3)12-18(24)22-16-8-5-9-17(11-16)26-13-19(25)23-15-7-4-6-14(21)10-15/h4-11H,12-13H2,1-3H3,(H,22,24)(H,23,25). The number of halogens is 1. The quantitative estimate of drug-likeness (QED) is 0.645. The fraction of sp³-hybridized carbons (Fsp3) is 0.300. The summed E-state index contributed by atoms with van der Waals surface area (Å²) in [6.45, 7) is 6.08. The highest BCUT2D eigenvalue weighted by Crippen LogP contribution is 2.24. The molecule has 0 bridgehead atoms. The van der Waals surface area contributed by atoms with E-state index in [4.69, 9.17) is 11.6 Å². The molecule has 0 aromatic heterocycles. The van der Waals surface area contributed by atoms with Crippen molar-refractivity contribution < 1.29 is 9.59 Å². The van der Waals surface area contributed by atoms with Crippen LogP contribution in [-0.2, 0) is 9.59 Å². The average molecular weight is 391 g/mol. The van der Waals surface area contributed by atoms with Crippen molar-refractivity contribution >= 4 is 46.6 Å². The molecule has 0 atom stereocenters. The third kappa shape index (κ3) is 7.50. The first-order valence-corrected chi connectivity index (χ1v) is 9.66. The summed E-state index contributed by atoms with van der Waals surface area (Å²) in [7, 11) is 0. The summed E-state index contributed by atoms with van der Waals surface area (Å²) < 4.78 is 0. The van der Waals surface area contributed by atoms with Gasteiger partial charge in [-0.05, 0) is 41.8 Å². The minimum Gasteiger partial charge on any atom is -0.326 e. The van der Waals surface area contributed by atoms with E-state index in [2.05, 4.69) is 10.6 Å². The van der Waals surface area contributed by atoms with Crippen LogP contribution in [0.2, 0.25) is 5.02 Å². The first-order valence-electron chi connectivity index (χ1n) is 8.29. The van der Waals surface area contributed by atoms with Gasteiger partial charge in [0.25, 0.3) is 0 Å². The summed E-state index contributed by atoms with van der Waals surface area (Å²) in [4.78, 5) is 25.0. The van der Waals surface area contributed by atoms with Crippen LogP contribution in [0.4, 0.5) is 11.4 Å². The van der Waals surface area contributed by atoms with Crippen molar-refractivity contribution in [1.82, 2.24) is 0 Å². The largest absolute Gasteiger partial charge is 0.326 e. The first kappa shape index (κ1) is 20.3. The number of hydrogen-bond acceptors (Lipinski definition) is 3.